The lowest BCUT2D eigenvalue weighted by Crippen LogP contribution is -2.28. The molecule has 1 fully saturated rings. The van der Waals surface area contributed by atoms with Crippen LogP contribution in [0, 0.1) is 19.8 Å². The third kappa shape index (κ3) is 4.03. The van der Waals surface area contributed by atoms with E-state index in [1.165, 1.54) is 11.3 Å². The zero-order valence-corrected chi connectivity index (χ0v) is 17.1. The van der Waals surface area contributed by atoms with Gasteiger partial charge in [-0.05, 0) is 43.9 Å². The average Bonchev–Trinajstić information content (AvgIpc) is 3.25. The number of aryl methyl sites for hydroxylation is 1. The van der Waals surface area contributed by atoms with E-state index in [0.29, 0.717) is 17.6 Å². The molecule has 1 saturated heterocycles. The Morgan fingerprint density at radius 2 is 2.04 bits per heavy atom. The fraction of sp³-hybridized carbons (Fsp3) is 0.500. The van der Waals surface area contributed by atoms with Gasteiger partial charge in [0.1, 0.15) is 5.01 Å². The Kier molecular flexibility index (Phi) is 5.89. The molecule has 0 saturated carbocycles. The first-order valence-corrected chi connectivity index (χ1v) is 10.3. The van der Waals surface area contributed by atoms with Crippen molar-refractivity contribution in [3.05, 3.63) is 34.3 Å². The van der Waals surface area contributed by atoms with Crippen molar-refractivity contribution in [1.29, 1.82) is 0 Å². The second kappa shape index (κ2) is 8.17. The summed E-state index contributed by atoms with van der Waals surface area (Å²) in [7, 11) is 0. The van der Waals surface area contributed by atoms with Crippen LogP contribution < -0.4 is 10.2 Å². The van der Waals surface area contributed by atoms with Crippen LogP contribution in [-0.2, 0) is 9.59 Å². The molecule has 0 unspecified atom stereocenters. The summed E-state index contributed by atoms with van der Waals surface area (Å²) in [5.41, 5.74) is 3.10. The number of anilines is 2. The fourth-order valence-electron chi connectivity index (χ4n) is 3.44. The number of carbonyl (C=O) groups excluding carboxylic acids is 2. The SMILES string of the molecule is CCC(CC)c1nnc(NC(=O)[C@@H]2CC(=O)N(c3cccc(C)c3C)C2)s1. The van der Waals surface area contributed by atoms with Gasteiger partial charge in [-0.2, -0.15) is 0 Å². The van der Waals surface area contributed by atoms with E-state index in [9.17, 15) is 9.59 Å². The Bertz CT molecular complexity index is 844. The molecule has 6 nitrogen and oxygen atoms in total. The highest BCUT2D eigenvalue weighted by molar-refractivity contribution is 7.15. The number of carbonyl (C=O) groups is 2. The third-order valence-corrected chi connectivity index (χ3v) is 6.37. The fourth-order valence-corrected chi connectivity index (χ4v) is 4.45. The van der Waals surface area contributed by atoms with Gasteiger partial charge in [-0.3, -0.25) is 9.59 Å². The van der Waals surface area contributed by atoms with Crippen molar-refractivity contribution in [3.8, 4) is 0 Å². The van der Waals surface area contributed by atoms with Crippen LogP contribution in [-0.4, -0.2) is 28.6 Å². The summed E-state index contributed by atoms with van der Waals surface area (Å²) in [6.45, 7) is 8.68. The van der Waals surface area contributed by atoms with E-state index in [1.807, 2.05) is 32.0 Å². The zero-order valence-electron chi connectivity index (χ0n) is 16.3. The summed E-state index contributed by atoms with van der Waals surface area (Å²) in [4.78, 5) is 26.9. The van der Waals surface area contributed by atoms with Crippen molar-refractivity contribution in [2.45, 2.75) is 52.9 Å². The number of rotatable bonds is 6. The minimum atomic E-state index is -0.377. The van der Waals surface area contributed by atoms with E-state index in [2.05, 4.69) is 29.4 Å². The van der Waals surface area contributed by atoms with Gasteiger partial charge < -0.3 is 10.2 Å². The number of nitrogens with zero attached hydrogens (tertiary/aromatic N) is 3. The van der Waals surface area contributed by atoms with Gasteiger partial charge >= 0.3 is 0 Å². The number of hydrogen-bond acceptors (Lipinski definition) is 5. The Hall–Kier alpha value is -2.28. The summed E-state index contributed by atoms with van der Waals surface area (Å²) in [6, 6.07) is 5.91. The third-order valence-electron chi connectivity index (χ3n) is 5.37. The van der Waals surface area contributed by atoms with Crippen LogP contribution in [0.2, 0.25) is 0 Å². The summed E-state index contributed by atoms with van der Waals surface area (Å²) in [6.07, 6.45) is 2.22. The molecule has 1 aliphatic rings. The molecule has 144 valence electrons. The number of benzene rings is 1. The molecule has 0 aliphatic carbocycles. The van der Waals surface area contributed by atoms with Gasteiger partial charge in [-0.25, -0.2) is 0 Å². The quantitative estimate of drug-likeness (QED) is 0.813. The Morgan fingerprint density at radius 1 is 1.30 bits per heavy atom. The standard InChI is InChI=1S/C20H26N4O2S/c1-5-14(6-2)19-22-23-20(27-19)21-18(26)15-10-17(25)24(11-15)16-9-7-8-12(3)13(16)4/h7-9,14-15H,5-6,10-11H2,1-4H3,(H,21,23,26)/t15-/m1/s1. The van der Waals surface area contributed by atoms with E-state index in [0.717, 1.165) is 34.7 Å². The molecule has 2 amide bonds. The van der Waals surface area contributed by atoms with Gasteiger partial charge in [0.15, 0.2) is 0 Å². The molecule has 1 aliphatic heterocycles. The smallest absolute Gasteiger partial charge is 0.231 e. The molecule has 1 N–H and O–H groups in total. The topological polar surface area (TPSA) is 75.2 Å². The first kappa shape index (κ1) is 19.5. The van der Waals surface area contributed by atoms with Crippen LogP contribution in [0.1, 0.15) is 55.2 Å². The Balaban J connectivity index is 1.68. The van der Waals surface area contributed by atoms with Crippen LogP contribution in [0.25, 0.3) is 0 Å². The molecule has 2 aromatic rings. The lowest BCUT2D eigenvalue weighted by Gasteiger charge is -2.20. The number of hydrogen-bond donors (Lipinski definition) is 1. The highest BCUT2D eigenvalue weighted by atomic mass is 32.1. The van der Waals surface area contributed by atoms with Gasteiger partial charge in [-0.15, -0.1) is 10.2 Å². The van der Waals surface area contributed by atoms with Crippen LogP contribution in [0.5, 0.6) is 0 Å². The average molecular weight is 387 g/mol. The molecule has 7 heteroatoms. The molecule has 27 heavy (non-hydrogen) atoms. The zero-order chi connectivity index (χ0) is 19.6. The second-order valence-corrected chi connectivity index (χ2v) is 8.08. The molecule has 0 radical (unpaired) electrons. The highest BCUT2D eigenvalue weighted by Crippen LogP contribution is 2.31. The number of nitrogens with one attached hydrogen (secondary N) is 1. The van der Waals surface area contributed by atoms with Gasteiger partial charge in [0.2, 0.25) is 16.9 Å². The van der Waals surface area contributed by atoms with Gasteiger partial charge in [-0.1, -0.05) is 37.3 Å². The van der Waals surface area contributed by atoms with Crippen molar-refractivity contribution < 1.29 is 9.59 Å². The van der Waals surface area contributed by atoms with Crippen molar-refractivity contribution in [2.24, 2.45) is 5.92 Å². The van der Waals surface area contributed by atoms with Crippen LogP contribution in [0.15, 0.2) is 18.2 Å². The van der Waals surface area contributed by atoms with Gasteiger partial charge in [0.25, 0.3) is 0 Å². The lowest BCUT2D eigenvalue weighted by molar-refractivity contribution is -0.122. The maximum Gasteiger partial charge on any atom is 0.231 e. The monoisotopic (exact) mass is 386 g/mol. The van der Waals surface area contributed by atoms with Crippen LogP contribution in [0.3, 0.4) is 0 Å². The van der Waals surface area contributed by atoms with E-state index < -0.39 is 0 Å². The molecule has 0 spiro atoms. The first-order chi connectivity index (χ1) is 12.9. The largest absolute Gasteiger partial charge is 0.311 e. The van der Waals surface area contributed by atoms with Gasteiger partial charge in [0.05, 0.1) is 5.92 Å². The minimum absolute atomic E-state index is 0.0150. The van der Waals surface area contributed by atoms with Crippen molar-refractivity contribution >= 4 is 34.0 Å². The van der Waals surface area contributed by atoms with E-state index in [-0.39, 0.29) is 24.2 Å². The van der Waals surface area contributed by atoms with Crippen LogP contribution in [0.4, 0.5) is 10.8 Å². The molecular weight excluding hydrogens is 360 g/mol. The Morgan fingerprint density at radius 3 is 2.74 bits per heavy atom. The van der Waals surface area contributed by atoms with Crippen molar-refractivity contribution in [1.82, 2.24) is 10.2 Å². The summed E-state index contributed by atoms with van der Waals surface area (Å²) in [5.74, 6) is -0.179. The maximum atomic E-state index is 12.7. The van der Waals surface area contributed by atoms with Gasteiger partial charge in [0, 0.05) is 24.6 Å². The summed E-state index contributed by atoms with van der Waals surface area (Å²) in [5, 5.41) is 12.6. The lowest BCUT2D eigenvalue weighted by atomic mass is 10.1. The molecule has 0 bridgehead atoms. The molecule has 1 aromatic carbocycles. The van der Waals surface area contributed by atoms with Crippen LogP contribution >= 0.6 is 11.3 Å². The molecule has 1 atom stereocenters. The predicted octanol–water partition coefficient (Wildman–Crippen LogP) is 4.05. The summed E-state index contributed by atoms with van der Waals surface area (Å²) < 4.78 is 0. The van der Waals surface area contributed by atoms with E-state index in [1.54, 1.807) is 4.90 Å². The van der Waals surface area contributed by atoms with E-state index >= 15 is 0 Å². The van der Waals surface area contributed by atoms with Crippen molar-refractivity contribution in [2.75, 3.05) is 16.8 Å². The summed E-state index contributed by atoms with van der Waals surface area (Å²) >= 11 is 1.43. The number of amides is 2. The molecule has 3 rings (SSSR count). The van der Waals surface area contributed by atoms with Crippen molar-refractivity contribution in [3.63, 3.8) is 0 Å². The first-order valence-electron chi connectivity index (χ1n) is 9.45. The van der Waals surface area contributed by atoms with E-state index in [4.69, 9.17) is 0 Å². The highest BCUT2D eigenvalue weighted by Gasteiger charge is 2.36. The molecular formula is C20H26N4O2S. The Labute approximate surface area is 164 Å². The number of aromatic nitrogens is 2. The minimum Gasteiger partial charge on any atom is -0.311 e. The predicted molar refractivity (Wildman–Crippen MR) is 108 cm³/mol. The maximum absolute atomic E-state index is 12.7. The second-order valence-electron chi connectivity index (χ2n) is 7.07. The molecule has 1 aromatic heterocycles. The molecule has 2 heterocycles. The normalized spacial score (nSPS) is 17.0.